The monoisotopic (exact) mass is 303 g/mol. The predicted octanol–water partition coefficient (Wildman–Crippen LogP) is 4.17. The van der Waals surface area contributed by atoms with Gasteiger partial charge in [0.15, 0.2) is 5.69 Å². The third-order valence-electron chi connectivity index (χ3n) is 4.12. The van der Waals surface area contributed by atoms with E-state index in [-0.39, 0.29) is 12.1 Å². The van der Waals surface area contributed by atoms with Gasteiger partial charge in [-0.25, -0.2) is 0 Å². The number of rotatable bonds is 4. The van der Waals surface area contributed by atoms with Crippen molar-refractivity contribution < 1.29 is 13.2 Å². The largest absolute Gasteiger partial charge is 0.435 e. The van der Waals surface area contributed by atoms with E-state index in [9.17, 15) is 13.2 Å². The summed E-state index contributed by atoms with van der Waals surface area (Å²) in [4.78, 5) is 0. The molecule has 6 heteroatoms. The molecule has 1 N–H and O–H groups in total. The van der Waals surface area contributed by atoms with Gasteiger partial charge < -0.3 is 5.32 Å². The van der Waals surface area contributed by atoms with E-state index in [4.69, 9.17) is 0 Å². The number of halogens is 3. The lowest BCUT2D eigenvalue weighted by atomic mass is 9.92. The maximum Gasteiger partial charge on any atom is 0.435 e. The highest BCUT2D eigenvalue weighted by molar-refractivity contribution is 5.04. The average Bonchev–Trinajstić information content (AvgIpc) is 2.87. The molecule has 2 atom stereocenters. The summed E-state index contributed by atoms with van der Waals surface area (Å²) in [5.41, 5.74) is -0.793. The van der Waals surface area contributed by atoms with Crippen LogP contribution in [0, 0.1) is 0 Å². The zero-order valence-electron chi connectivity index (χ0n) is 12.5. The molecule has 21 heavy (non-hydrogen) atoms. The molecule has 0 amide bonds. The molecular weight excluding hydrogens is 279 g/mol. The fourth-order valence-electron chi connectivity index (χ4n) is 3.02. The van der Waals surface area contributed by atoms with Gasteiger partial charge in [-0.3, -0.25) is 4.68 Å². The van der Waals surface area contributed by atoms with Crippen molar-refractivity contribution in [1.82, 2.24) is 15.1 Å². The van der Waals surface area contributed by atoms with Gasteiger partial charge in [0.25, 0.3) is 0 Å². The molecule has 3 nitrogen and oxygen atoms in total. The number of alkyl halides is 3. The molecule has 2 unspecified atom stereocenters. The van der Waals surface area contributed by atoms with Crippen LogP contribution in [0.15, 0.2) is 12.3 Å². The van der Waals surface area contributed by atoms with Gasteiger partial charge in [-0.15, -0.1) is 0 Å². The summed E-state index contributed by atoms with van der Waals surface area (Å²) in [7, 11) is 0. The first-order chi connectivity index (χ1) is 10.0. The molecular formula is C15H24F3N3. The Bertz CT molecular complexity index is 426. The zero-order valence-corrected chi connectivity index (χ0v) is 12.5. The highest BCUT2D eigenvalue weighted by Crippen LogP contribution is 2.31. The SMILES string of the molecule is CCCNC1CCCCCCC1n1ccc(C(F)(F)F)n1. The average molecular weight is 303 g/mol. The standard InChI is InChI=1S/C15H24F3N3/c1-2-10-19-12-7-5-3-4-6-8-13(12)21-11-9-14(20-21)15(16,17)18/h9,11-13,19H,2-8,10H2,1H3. The van der Waals surface area contributed by atoms with Gasteiger partial charge >= 0.3 is 6.18 Å². The molecule has 0 saturated heterocycles. The van der Waals surface area contributed by atoms with E-state index in [1.807, 2.05) is 0 Å². The Balaban J connectivity index is 2.15. The topological polar surface area (TPSA) is 29.9 Å². The van der Waals surface area contributed by atoms with Gasteiger partial charge in [-0.1, -0.05) is 32.6 Å². The molecule has 2 rings (SSSR count). The second-order valence-corrected chi connectivity index (χ2v) is 5.80. The third kappa shape index (κ3) is 4.46. The number of hydrogen-bond donors (Lipinski definition) is 1. The second kappa shape index (κ2) is 7.29. The van der Waals surface area contributed by atoms with E-state index in [1.54, 1.807) is 0 Å². The highest BCUT2D eigenvalue weighted by atomic mass is 19.4. The van der Waals surface area contributed by atoms with Gasteiger partial charge in [0, 0.05) is 12.2 Å². The van der Waals surface area contributed by atoms with Crippen molar-refractivity contribution in [1.29, 1.82) is 0 Å². The van der Waals surface area contributed by atoms with Crippen molar-refractivity contribution in [2.45, 2.75) is 70.1 Å². The molecule has 1 heterocycles. The molecule has 0 spiro atoms. The third-order valence-corrected chi connectivity index (χ3v) is 4.12. The number of hydrogen-bond acceptors (Lipinski definition) is 2. The predicted molar refractivity (Wildman–Crippen MR) is 76.0 cm³/mol. The summed E-state index contributed by atoms with van der Waals surface area (Å²) in [5, 5.41) is 7.28. The van der Waals surface area contributed by atoms with Gasteiger partial charge in [0.1, 0.15) is 0 Å². The van der Waals surface area contributed by atoms with Crippen LogP contribution in [0.3, 0.4) is 0 Å². The van der Waals surface area contributed by atoms with Crippen molar-refractivity contribution in [2.24, 2.45) is 0 Å². The van der Waals surface area contributed by atoms with Crippen LogP contribution in [-0.4, -0.2) is 22.4 Å². The van der Waals surface area contributed by atoms with Crippen LogP contribution < -0.4 is 5.32 Å². The summed E-state index contributed by atoms with van der Waals surface area (Å²) < 4.78 is 39.7. The van der Waals surface area contributed by atoms with Crippen LogP contribution in [-0.2, 0) is 6.18 Å². The van der Waals surface area contributed by atoms with Crippen LogP contribution in [0.4, 0.5) is 13.2 Å². The Hall–Kier alpha value is -1.04. The Morgan fingerprint density at radius 3 is 2.57 bits per heavy atom. The lowest BCUT2D eigenvalue weighted by Crippen LogP contribution is -2.39. The van der Waals surface area contributed by atoms with E-state index in [2.05, 4.69) is 17.3 Å². The molecule has 1 aromatic rings. The maximum atomic E-state index is 12.7. The van der Waals surface area contributed by atoms with Crippen molar-refractivity contribution in [3.63, 3.8) is 0 Å². The van der Waals surface area contributed by atoms with Crippen LogP contribution in [0.2, 0.25) is 0 Å². The van der Waals surface area contributed by atoms with E-state index >= 15 is 0 Å². The maximum absolute atomic E-state index is 12.7. The van der Waals surface area contributed by atoms with Crippen LogP contribution in [0.5, 0.6) is 0 Å². The van der Waals surface area contributed by atoms with E-state index in [1.165, 1.54) is 17.3 Å². The van der Waals surface area contributed by atoms with Gasteiger partial charge in [0.05, 0.1) is 6.04 Å². The van der Waals surface area contributed by atoms with Gasteiger partial charge in [-0.05, 0) is 31.9 Å². The number of aromatic nitrogens is 2. The summed E-state index contributed by atoms with van der Waals surface area (Å²) in [6.07, 6.45) is 4.59. The Labute approximate surface area is 123 Å². The second-order valence-electron chi connectivity index (χ2n) is 5.80. The van der Waals surface area contributed by atoms with Crippen molar-refractivity contribution >= 4 is 0 Å². The van der Waals surface area contributed by atoms with E-state index in [0.29, 0.717) is 0 Å². The molecule has 1 aromatic heterocycles. The molecule has 0 aliphatic heterocycles. The fraction of sp³-hybridized carbons (Fsp3) is 0.800. The van der Waals surface area contributed by atoms with Crippen LogP contribution in [0.1, 0.15) is 63.6 Å². The molecule has 120 valence electrons. The van der Waals surface area contributed by atoms with Gasteiger partial charge in [0.2, 0.25) is 0 Å². The van der Waals surface area contributed by atoms with Crippen molar-refractivity contribution in [2.75, 3.05) is 6.54 Å². The Kier molecular flexibility index (Phi) is 5.67. The smallest absolute Gasteiger partial charge is 0.312 e. The Morgan fingerprint density at radius 2 is 1.95 bits per heavy atom. The van der Waals surface area contributed by atoms with Crippen LogP contribution in [0.25, 0.3) is 0 Å². The van der Waals surface area contributed by atoms with E-state index in [0.717, 1.165) is 51.1 Å². The lowest BCUT2D eigenvalue weighted by molar-refractivity contribution is -0.141. The Morgan fingerprint density at radius 1 is 1.24 bits per heavy atom. The minimum atomic E-state index is -4.36. The number of nitrogens with one attached hydrogen (secondary N) is 1. The summed E-state index contributed by atoms with van der Waals surface area (Å²) in [6, 6.07) is 1.31. The first kappa shape index (κ1) is 16.3. The molecule has 1 aliphatic carbocycles. The summed E-state index contributed by atoms with van der Waals surface area (Å²) in [5.74, 6) is 0. The first-order valence-corrected chi connectivity index (χ1v) is 7.88. The molecule has 1 fully saturated rings. The van der Waals surface area contributed by atoms with Crippen LogP contribution >= 0.6 is 0 Å². The molecule has 1 saturated carbocycles. The minimum Gasteiger partial charge on any atom is -0.312 e. The van der Waals surface area contributed by atoms with Crippen molar-refractivity contribution in [3.8, 4) is 0 Å². The first-order valence-electron chi connectivity index (χ1n) is 7.88. The quantitative estimate of drug-likeness (QED) is 0.905. The minimum absolute atomic E-state index is 0.0212. The molecule has 0 bridgehead atoms. The number of nitrogens with zero attached hydrogens (tertiary/aromatic N) is 2. The normalized spacial score (nSPS) is 24.6. The van der Waals surface area contributed by atoms with E-state index < -0.39 is 11.9 Å². The lowest BCUT2D eigenvalue weighted by Gasteiger charge is -2.30. The van der Waals surface area contributed by atoms with Crippen molar-refractivity contribution in [3.05, 3.63) is 18.0 Å². The zero-order chi connectivity index (χ0) is 15.3. The molecule has 0 aromatic carbocycles. The highest BCUT2D eigenvalue weighted by Gasteiger charge is 2.35. The fourth-order valence-corrected chi connectivity index (χ4v) is 3.02. The molecule has 1 aliphatic rings. The summed E-state index contributed by atoms with van der Waals surface area (Å²) >= 11 is 0. The van der Waals surface area contributed by atoms with Gasteiger partial charge in [-0.2, -0.15) is 18.3 Å². The summed E-state index contributed by atoms with van der Waals surface area (Å²) in [6.45, 7) is 3.00. The molecule has 0 radical (unpaired) electrons.